The summed E-state index contributed by atoms with van der Waals surface area (Å²) in [4.78, 5) is 2.38. The van der Waals surface area contributed by atoms with Crippen molar-refractivity contribution in [1.29, 1.82) is 0 Å². The van der Waals surface area contributed by atoms with Gasteiger partial charge < -0.3 is 18.9 Å². The Morgan fingerprint density at radius 3 is 1.47 bits per heavy atom. The molecular formula is C54H32BNO4Si2. The van der Waals surface area contributed by atoms with Crippen molar-refractivity contribution in [2.24, 2.45) is 0 Å². The summed E-state index contributed by atoms with van der Waals surface area (Å²) in [6.07, 6.45) is 0. The molecule has 0 spiro atoms. The van der Waals surface area contributed by atoms with Crippen LogP contribution in [0.5, 0.6) is 46.0 Å². The maximum absolute atomic E-state index is 7.57. The molecule has 7 heterocycles. The third-order valence-corrected chi connectivity index (χ3v) is 24.8. The first-order chi connectivity index (χ1) is 30.8. The predicted octanol–water partition coefficient (Wildman–Crippen LogP) is 5.48. The van der Waals surface area contributed by atoms with Crippen LogP contribution in [0.25, 0.3) is 0 Å². The van der Waals surface area contributed by atoms with Crippen LogP contribution in [-0.4, -0.2) is 22.9 Å². The summed E-state index contributed by atoms with van der Waals surface area (Å²) in [6.45, 7) is -0.0723. The molecule has 0 amide bonds. The summed E-state index contributed by atoms with van der Waals surface area (Å²) < 4.78 is 29.4. The molecule has 2 unspecified atom stereocenters. The zero-order chi connectivity index (χ0) is 40.3. The fourth-order valence-corrected chi connectivity index (χ4v) is 25.7. The Kier molecular flexibility index (Phi) is 6.24. The van der Waals surface area contributed by atoms with Crippen molar-refractivity contribution in [3.63, 3.8) is 0 Å². The molecule has 16 rings (SSSR count). The van der Waals surface area contributed by atoms with Gasteiger partial charge in [-0.2, -0.15) is 0 Å². The number of hydrogen-bond donors (Lipinski definition) is 0. The minimum atomic E-state index is -3.43. The molecule has 0 aliphatic carbocycles. The van der Waals surface area contributed by atoms with E-state index in [1.54, 1.807) is 0 Å². The average Bonchev–Trinajstić information content (AvgIpc) is 3.34. The predicted molar refractivity (Wildman–Crippen MR) is 253 cm³/mol. The van der Waals surface area contributed by atoms with Crippen LogP contribution in [0.4, 0.5) is 17.1 Å². The van der Waals surface area contributed by atoms with Gasteiger partial charge in [-0.3, -0.25) is 4.90 Å². The summed E-state index contributed by atoms with van der Waals surface area (Å²) in [7, 11) is -6.72. The largest absolute Gasteiger partial charge is 0.458 e. The van der Waals surface area contributed by atoms with Crippen molar-refractivity contribution in [3.05, 3.63) is 194 Å². The lowest BCUT2D eigenvalue weighted by molar-refractivity contribution is 0.448. The molecule has 7 aliphatic rings. The van der Waals surface area contributed by atoms with Crippen molar-refractivity contribution in [1.82, 2.24) is 0 Å². The first-order valence-corrected chi connectivity index (χ1v) is 25.3. The molecule has 0 saturated carbocycles. The molecule has 2 bridgehead atoms. The van der Waals surface area contributed by atoms with Crippen LogP contribution >= 0.6 is 0 Å². The maximum Gasteiger partial charge on any atom is 0.260 e. The van der Waals surface area contributed by atoms with E-state index < -0.39 is 16.1 Å². The lowest BCUT2D eigenvalue weighted by atomic mass is 9.35. The fourth-order valence-electron chi connectivity index (χ4n) is 12.1. The normalized spacial score (nSPS) is 18.9. The van der Waals surface area contributed by atoms with Gasteiger partial charge in [0, 0.05) is 10.6 Å². The molecule has 5 nitrogen and oxygen atoms in total. The Balaban J connectivity index is 1.18. The van der Waals surface area contributed by atoms with E-state index in [-0.39, 0.29) is 6.71 Å². The standard InChI is InChI=1S/C54H32BNO4Si2/c1-3-17-33(18-4-1)61-45-29-15-16-30-46(45)62(34-19-5-2-6-20-34,53-47(61)31-43-49-51(53)59-40-26-12-8-22-36(40)55(49)35-21-7-11-25-39(35)57-43)54-48(61)32-44-50-52(54)60-42-28-14-10-24-38(42)56(50)37-23-9-13-27-41(37)58-44/h1-32H. The second-order valence-corrected chi connectivity index (χ2v) is 24.3. The number of fused-ring (bicyclic) bond motifs is 8. The number of rotatable bonds is 2. The van der Waals surface area contributed by atoms with Crippen LogP contribution < -0.4 is 81.7 Å². The highest BCUT2D eigenvalue weighted by Gasteiger charge is 2.67. The Bertz CT molecular complexity index is 3280. The molecule has 8 heteroatoms. The van der Waals surface area contributed by atoms with Crippen molar-refractivity contribution in [2.75, 3.05) is 4.90 Å². The maximum atomic E-state index is 7.57. The Labute approximate surface area is 360 Å². The number of hydrogen-bond acceptors (Lipinski definition) is 5. The third kappa shape index (κ3) is 3.79. The van der Waals surface area contributed by atoms with E-state index in [2.05, 4.69) is 199 Å². The van der Waals surface area contributed by atoms with Gasteiger partial charge in [0.2, 0.25) is 0 Å². The monoisotopic (exact) mass is 825 g/mol. The molecular weight excluding hydrogens is 794 g/mol. The number of anilines is 3. The zero-order valence-electron chi connectivity index (χ0n) is 33.1. The van der Waals surface area contributed by atoms with Crippen molar-refractivity contribution >= 4 is 97.8 Å². The van der Waals surface area contributed by atoms with Gasteiger partial charge in [-0.1, -0.05) is 146 Å². The van der Waals surface area contributed by atoms with Crippen molar-refractivity contribution < 1.29 is 18.9 Å². The molecule has 0 N–H and O–H groups in total. The van der Waals surface area contributed by atoms with Gasteiger partial charge in [-0.05, 0) is 95.8 Å². The van der Waals surface area contributed by atoms with Crippen LogP contribution in [0, 0.1) is 0 Å². The minimum Gasteiger partial charge on any atom is -0.458 e. The highest BCUT2D eigenvalue weighted by molar-refractivity contribution is 7.39. The van der Waals surface area contributed by atoms with Gasteiger partial charge >= 0.3 is 0 Å². The number of para-hydroxylation sites is 6. The Morgan fingerprint density at radius 1 is 0.355 bits per heavy atom. The van der Waals surface area contributed by atoms with Gasteiger partial charge in [0.25, 0.3) is 6.71 Å². The molecule has 9 aromatic rings. The van der Waals surface area contributed by atoms with Crippen LogP contribution in [0.15, 0.2) is 194 Å². The molecule has 0 aromatic heterocycles. The van der Waals surface area contributed by atoms with E-state index in [1.807, 2.05) is 0 Å². The van der Waals surface area contributed by atoms with Crippen LogP contribution in [0.3, 0.4) is 0 Å². The van der Waals surface area contributed by atoms with Gasteiger partial charge in [0.15, 0.2) is 39.1 Å². The highest BCUT2D eigenvalue weighted by Crippen LogP contribution is 2.59. The third-order valence-electron chi connectivity index (χ3n) is 14.3. The topological polar surface area (TPSA) is 40.2 Å². The number of ether oxygens (including phenoxy) is 4. The summed E-state index contributed by atoms with van der Waals surface area (Å²) in [5.74, 6) is 6.87. The first-order valence-electron chi connectivity index (χ1n) is 21.3. The molecule has 9 aromatic carbocycles. The summed E-state index contributed by atoms with van der Waals surface area (Å²) >= 11 is 0. The lowest BCUT2D eigenvalue weighted by Gasteiger charge is -2.57. The van der Waals surface area contributed by atoms with Crippen molar-refractivity contribution in [3.8, 4) is 46.0 Å². The van der Waals surface area contributed by atoms with Crippen LogP contribution in [-0.2, 0) is 0 Å². The second kappa shape index (κ2) is 11.6. The fraction of sp³-hybridized carbons (Fsp3) is 0. The lowest BCUT2D eigenvalue weighted by Crippen LogP contribution is -3.01. The zero-order valence-corrected chi connectivity index (χ0v) is 35.1. The molecule has 0 radical (unpaired) electrons. The van der Waals surface area contributed by atoms with E-state index in [0.717, 1.165) is 79.4 Å². The van der Waals surface area contributed by atoms with E-state index in [9.17, 15) is 0 Å². The molecule has 2 atom stereocenters. The van der Waals surface area contributed by atoms with Crippen LogP contribution in [0.1, 0.15) is 0 Å². The quantitative estimate of drug-likeness (QED) is 0.217. The summed E-state index contributed by atoms with van der Waals surface area (Å²) in [5, 5.41) is 10.5. The first kappa shape index (κ1) is 33.2. The molecule has 0 saturated heterocycles. The molecule has 288 valence electrons. The van der Waals surface area contributed by atoms with Gasteiger partial charge in [-0.15, -0.1) is 0 Å². The Hall–Kier alpha value is -7.52. The smallest absolute Gasteiger partial charge is 0.260 e. The summed E-state index contributed by atoms with van der Waals surface area (Å²) in [5.41, 5.74) is 6.34. The van der Waals surface area contributed by atoms with Crippen LogP contribution in [0.2, 0.25) is 0 Å². The Morgan fingerprint density at radius 2 is 0.806 bits per heavy atom. The number of benzene rings is 9. The van der Waals surface area contributed by atoms with E-state index >= 15 is 0 Å². The van der Waals surface area contributed by atoms with E-state index in [0.29, 0.717) is 0 Å². The highest BCUT2D eigenvalue weighted by atomic mass is 28.3. The van der Waals surface area contributed by atoms with Gasteiger partial charge in [0.05, 0.1) is 11.4 Å². The minimum absolute atomic E-state index is 0.0723. The average molecular weight is 826 g/mol. The van der Waals surface area contributed by atoms with E-state index in [4.69, 9.17) is 18.9 Å². The second-order valence-electron chi connectivity index (χ2n) is 17.0. The molecule has 7 aliphatic heterocycles. The number of nitrogens with zero attached hydrogens (tertiary/aromatic N) is 1. The van der Waals surface area contributed by atoms with Crippen molar-refractivity contribution in [2.45, 2.75) is 0 Å². The summed E-state index contributed by atoms with van der Waals surface area (Å²) in [6, 6.07) is 70.7. The SMILES string of the molecule is c1ccc([Si]23c4ccccc4[Si](c4ccccc4)(c4c2cc2c5c4Oc4ccccc4B5c4ccccc4O2)c2c3cc3c4c2Oc2ccccc2N4c2ccccc2O3)cc1. The van der Waals surface area contributed by atoms with E-state index in [1.165, 1.54) is 41.5 Å². The molecule has 0 fully saturated rings. The van der Waals surface area contributed by atoms with Gasteiger partial charge in [-0.25, -0.2) is 0 Å². The van der Waals surface area contributed by atoms with Gasteiger partial charge in [0.1, 0.15) is 28.7 Å². The molecule has 62 heavy (non-hydrogen) atoms.